The Morgan fingerprint density at radius 2 is 1.66 bits per heavy atom. The number of hydrogen-bond acceptors (Lipinski definition) is 2. The first-order valence-corrected chi connectivity index (χ1v) is 15.2. The average molecular weight is 495 g/mol. The van der Waals surface area contributed by atoms with Gasteiger partial charge in [0.15, 0.2) is 0 Å². The summed E-state index contributed by atoms with van der Waals surface area (Å²) in [6, 6.07) is 19.6. The van der Waals surface area contributed by atoms with Gasteiger partial charge in [-0.25, -0.2) is 4.39 Å². The maximum atomic E-state index is 14.8. The van der Waals surface area contributed by atoms with E-state index in [-0.39, 0.29) is 23.1 Å². The molecule has 0 bridgehead atoms. The summed E-state index contributed by atoms with van der Waals surface area (Å²) in [7, 11) is -2.10. The molecular formula is C31H40FO2P. The van der Waals surface area contributed by atoms with Crippen molar-refractivity contribution in [2.75, 3.05) is 19.5 Å². The predicted molar refractivity (Wildman–Crippen MR) is 148 cm³/mol. The van der Waals surface area contributed by atoms with Gasteiger partial charge >= 0.3 is 0 Å². The van der Waals surface area contributed by atoms with Crippen molar-refractivity contribution in [3.63, 3.8) is 0 Å². The second-order valence-corrected chi connectivity index (χ2v) is 15.0. The minimum atomic E-state index is -2.10. The van der Waals surface area contributed by atoms with Crippen molar-refractivity contribution in [3.05, 3.63) is 88.7 Å². The van der Waals surface area contributed by atoms with Gasteiger partial charge in [0.1, 0.15) is 18.2 Å². The van der Waals surface area contributed by atoms with E-state index in [0.717, 1.165) is 33.6 Å². The molecule has 0 spiro atoms. The molecule has 0 saturated heterocycles. The topological polar surface area (TPSA) is 26.3 Å². The summed E-state index contributed by atoms with van der Waals surface area (Å²) in [4.78, 5) is 0. The summed E-state index contributed by atoms with van der Waals surface area (Å²) in [6.07, 6.45) is 0.682. The van der Waals surface area contributed by atoms with Crippen LogP contribution in [-0.2, 0) is 11.2 Å². The summed E-state index contributed by atoms with van der Waals surface area (Å²) in [6.45, 7) is 17.1. The fourth-order valence-corrected chi connectivity index (χ4v) is 5.99. The number of hydrogen-bond donors (Lipinski definition) is 0. The molecule has 0 heterocycles. The Hall–Kier alpha value is -2.38. The van der Waals surface area contributed by atoms with Crippen LogP contribution in [0, 0.1) is 18.2 Å². The third kappa shape index (κ3) is 7.31. The molecule has 0 saturated carbocycles. The lowest BCUT2D eigenvalue weighted by Gasteiger charge is -2.30. The molecule has 0 aliphatic heterocycles. The van der Waals surface area contributed by atoms with Crippen molar-refractivity contribution in [1.29, 1.82) is 0 Å². The highest BCUT2D eigenvalue weighted by molar-refractivity contribution is 7.62. The van der Waals surface area contributed by atoms with Crippen LogP contribution in [0.2, 0.25) is 0 Å². The van der Waals surface area contributed by atoms with Crippen LogP contribution in [-0.4, -0.2) is 19.5 Å². The quantitative estimate of drug-likeness (QED) is 0.292. The maximum Gasteiger partial charge on any atom is 0.131 e. The molecule has 4 heteroatoms. The summed E-state index contributed by atoms with van der Waals surface area (Å²) >= 11 is 0. The second-order valence-electron chi connectivity index (χ2n) is 11.5. The first-order valence-electron chi connectivity index (χ1n) is 12.4. The van der Waals surface area contributed by atoms with Gasteiger partial charge in [0.2, 0.25) is 0 Å². The lowest BCUT2D eigenvalue weighted by atomic mass is 9.75. The van der Waals surface area contributed by atoms with Crippen molar-refractivity contribution in [3.8, 4) is 16.9 Å². The summed E-state index contributed by atoms with van der Waals surface area (Å²) in [5, 5.41) is 0. The molecule has 0 N–H and O–H groups in total. The fourth-order valence-electron chi connectivity index (χ4n) is 4.46. The first kappa shape index (κ1) is 27.2. The smallest absolute Gasteiger partial charge is 0.131 e. The molecule has 0 unspecified atom stereocenters. The largest absolute Gasteiger partial charge is 0.489 e. The van der Waals surface area contributed by atoms with Gasteiger partial charge in [-0.1, -0.05) is 76.6 Å². The highest BCUT2D eigenvalue weighted by Gasteiger charge is 2.25. The van der Waals surface area contributed by atoms with Crippen LogP contribution >= 0.6 is 7.14 Å². The van der Waals surface area contributed by atoms with Crippen LogP contribution in [0.3, 0.4) is 0 Å². The fraction of sp³-hybridized carbons (Fsp3) is 0.419. The zero-order chi connectivity index (χ0) is 26.0. The molecule has 0 aromatic heterocycles. The Morgan fingerprint density at radius 1 is 0.943 bits per heavy atom. The molecule has 3 aromatic carbocycles. The zero-order valence-corrected chi connectivity index (χ0v) is 23.4. The van der Waals surface area contributed by atoms with Crippen molar-refractivity contribution in [1.82, 2.24) is 0 Å². The van der Waals surface area contributed by atoms with Gasteiger partial charge < -0.3 is 9.30 Å². The Kier molecular flexibility index (Phi) is 8.32. The van der Waals surface area contributed by atoms with Gasteiger partial charge in [0.25, 0.3) is 0 Å². The van der Waals surface area contributed by atoms with Crippen LogP contribution in [0.5, 0.6) is 5.75 Å². The number of halogens is 1. The summed E-state index contributed by atoms with van der Waals surface area (Å²) in [5.41, 5.74) is 5.98. The normalized spacial score (nSPS) is 14.0. The van der Waals surface area contributed by atoms with E-state index in [9.17, 15) is 8.96 Å². The molecule has 0 radical (unpaired) electrons. The number of rotatable bonds is 8. The molecule has 0 fully saturated rings. The molecule has 0 aliphatic rings. The zero-order valence-electron chi connectivity index (χ0n) is 22.5. The number of ether oxygens (including phenoxy) is 1. The Bertz CT molecular complexity index is 1220. The van der Waals surface area contributed by atoms with Crippen LogP contribution < -0.4 is 4.74 Å². The van der Waals surface area contributed by atoms with Gasteiger partial charge in [-0.2, -0.15) is 0 Å². The van der Waals surface area contributed by atoms with E-state index in [0.29, 0.717) is 18.3 Å². The van der Waals surface area contributed by atoms with Crippen LogP contribution in [0.4, 0.5) is 4.39 Å². The second kappa shape index (κ2) is 10.7. The van der Waals surface area contributed by atoms with Crippen molar-refractivity contribution in [2.45, 2.75) is 60.0 Å². The van der Waals surface area contributed by atoms with Gasteiger partial charge in [0.05, 0.1) is 7.14 Å². The van der Waals surface area contributed by atoms with E-state index >= 15 is 0 Å². The molecule has 188 valence electrons. The molecule has 0 aliphatic carbocycles. The number of benzene rings is 3. The van der Waals surface area contributed by atoms with E-state index in [4.69, 9.17) is 4.74 Å². The van der Waals surface area contributed by atoms with Crippen LogP contribution in [0.15, 0.2) is 60.7 Å². The predicted octanol–water partition coefficient (Wildman–Crippen LogP) is 9.26. The molecule has 2 nitrogen and oxygen atoms in total. The standard InChI is InChI=1S/C31H40FO2P/c1-21-12-15-30(32)29(16-21)27-14-13-24(17-28(27)23(3)31(4,5)6)19-34-26-11-9-10-25(18-26)22(2)20-35(7,8)33/h9-18,22-23H,19-20H2,1-8H3/t22-,23+/m0/s1. The maximum absolute atomic E-state index is 14.8. The minimum absolute atomic E-state index is 0.0248. The Balaban J connectivity index is 1.90. The van der Waals surface area contributed by atoms with Gasteiger partial charge in [-0.15, -0.1) is 0 Å². The summed E-state index contributed by atoms with van der Waals surface area (Å²) < 4.78 is 33.3. The lowest BCUT2D eigenvalue weighted by molar-refractivity contribution is 0.304. The molecule has 2 atom stereocenters. The third-order valence-electron chi connectivity index (χ3n) is 6.84. The first-order chi connectivity index (χ1) is 16.2. The van der Waals surface area contributed by atoms with Crippen molar-refractivity contribution in [2.24, 2.45) is 5.41 Å². The molecule has 3 rings (SSSR count). The van der Waals surface area contributed by atoms with E-state index in [1.807, 2.05) is 56.7 Å². The van der Waals surface area contributed by atoms with E-state index in [1.54, 1.807) is 6.07 Å². The number of aryl methyl sites for hydroxylation is 1. The van der Waals surface area contributed by atoms with Crippen molar-refractivity contribution >= 4 is 7.14 Å². The van der Waals surface area contributed by atoms with E-state index < -0.39 is 7.14 Å². The summed E-state index contributed by atoms with van der Waals surface area (Å²) in [5.74, 6) is 1.04. The minimum Gasteiger partial charge on any atom is -0.489 e. The molecular weight excluding hydrogens is 454 g/mol. The highest BCUT2D eigenvalue weighted by atomic mass is 31.2. The van der Waals surface area contributed by atoms with Gasteiger partial charge in [-0.3, -0.25) is 0 Å². The van der Waals surface area contributed by atoms with E-state index in [2.05, 4.69) is 52.8 Å². The average Bonchev–Trinajstić information content (AvgIpc) is 2.77. The Morgan fingerprint density at radius 3 is 2.31 bits per heavy atom. The Labute approximate surface area is 211 Å². The monoisotopic (exact) mass is 494 g/mol. The SMILES string of the molecule is Cc1ccc(F)c(-c2ccc(COc3cccc([C@@H](C)CP(C)(C)=O)c3)cc2[C@@H](C)C(C)(C)C)c1. The van der Waals surface area contributed by atoms with Gasteiger partial charge in [0, 0.05) is 11.7 Å². The third-order valence-corrected chi connectivity index (χ3v) is 8.27. The van der Waals surface area contributed by atoms with Crippen LogP contribution in [0.25, 0.3) is 11.1 Å². The van der Waals surface area contributed by atoms with Crippen LogP contribution in [0.1, 0.15) is 68.7 Å². The highest BCUT2D eigenvalue weighted by Crippen LogP contribution is 2.42. The lowest BCUT2D eigenvalue weighted by Crippen LogP contribution is -2.16. The van der Waals surface area contributed by atoms with Gasteiger partial charge in [-0.05, 0) is 84.0 Å². The molecule has 35 heavy (non-hydrogen) atoms. The van der Waals surface area contributed by atoms with Crippen molar-refractivity contribution < 1.29 is 13.7 Å². The molecule has 0 amide bonds. The van der Waals surface area contributed by atoms with E-state index in [1.165, 1.54) is 0 Å². The molecule has 3 aromatic rings.